The summed E-state index contributed by atoms with van der Waals surface area (Å²) in [7, 11) is 0. The van der Waals surface area contributed by atoms with Gasteiger partial charge in [0.2, 0.25) is 0 Å². The summed E-state index contributed by atoms with van der Waals surface area (Å²) < 4.78 is 0. The first-order valence-electron chi connectivity index (χ1n) is 6.44. The van der Waals surface area contributed by atoms with Crippen molar-refractivity contribution in [1.82, 2.24) is 4.90 Å². The molecule has 1 aliphatic heterocycles. The fourth-order valence-corrected chi connectivity index (χ4v) is 2.51. The van der Waals surface area contributed by atoms with E-state index in [1.54, 1.807) is 0 Å². The zero-order valence-corrected chi connectivity index (χ0v) is 11.0. The number of hydrogen-bond acceptors (Lipinski definition) is 1. The fraction of sp³-hybridized carbons (Fsp3) is 0.533. The minimum atomic E-state index is 0.206. The second kappa shape index (κ2) is 4.91. The van der Waals surface area contributed by atoms with Crippen LogP contribution in [0, 0.1) is 19.8 Å². The molecule has 0 radical (unpaired) electrons. The summed E-state index contributed by atoms with van der Waals surface area (Å²) in [6.07, 6.45) is 2.38. The smallest absolute Gasteiger partial charge is 0.254 e. The van der Waals surface area contributed by atoms with E-state index in [0.717, 1.165) is 36.2 Å². The largest absolute Gasteiger partial charge is 0.338 e. The fourth-order valence-electron chi connectivity index (χ4n) is 2.51. The highest BCUT2D eigenvalue weighted by molar-refractivity contribution is 5.95. The molecule has 17 heavy (non-hydrogen) atoms. The minimum Gasteiger partial charge on any atom is -0.338 e. The van der Waals surface area contributed by atoms with Gasteiger partial charge in [-0.15, -0.1) is 0 Å². The third kappa shape index (κ3) is 2.68. The molecule has 0 aromatic heterocycles. The normalized spacial score (nSPS) is 20.4. The zero-order valence-electron chi connectivity index (χ0n) is 11.0. The highest BCUT2D eigenvalue weighted by Gasteiger charge is 2.22. The average Bonchev–Trinajstić information content (AvgIpc) is 2.31. The van der Waals surface area contributed by atoms with Gasteiger partial charge in [0.1, 0.15) is 0 Å². The SMILES string of the molecule is Cc1ccc(C)c(C(=O)N2CCC[C@@H](C)C2)c1. The molecule has 2 heteroatoms. The average molecular weight is 231 g/mol. The Morgan fingerprint density at radius 1 is 1.35 bits per heavy atom. The summed E-state index contributed by atoms with van der Waals surface area (Å²) in [5.74, 6) is 0.843. The lowest BCUT2D eigenvalue weighted by Crippen LogP contribution is -2.39. The summed E-state index contributed by atoms with van der Waals surface area (Å²) >= 11 is 0. The van der Waals surface area contributed by atoms with Crippen molar-refractivity contribution in [2.45, 2.75) is 33.6 Å². The molecule has 0 spiro atoms. The van der Waals surface area contributed by atoms with Crippen LogP contribution in [0.2, 0.25) is 0 Å². The number of benzene rings is 1. The molecule has 0 saturated carbocycles. The van der Waals surface area contributed by atoms with Gasteiger partial charge >= 0.3 is 0 Å². The van der Waals surface area contributed by atoms with Gasteiger partial charge in [-0.25, -0.2) is 0 Å². The molecule has 1 aromatic rings. The van der Waals surface area contributed by atoms with Crippen LogP contribution >= 0.6 is 0 Å². The Hall–Kier alpha value is -1.31. The molecular weight excluding hydrogens is 210 g/mol. The third-order valence-electron chi connectivity index (χ3n) is 3.57. The first-order chi connectivity index (χ1) is 8.08. The van der Waals surface area contributed by atoms with E-state index < -0.39 is 0 Å². The van der Waals surface area contributed by atoms with E-state index >= 15 is 0 Å². The molecule has 0 N–H and O–H groups in total. The first kappa shape index (κ1) is 12.2. The van der Waals surface area contributed by atoms with Crippen LogP contribution in [0.5, 0.6) is 0 Å². The van der Waals surface area contributed by atoms with Crippen molar-refractivity contribution < 1.29 is 4.79 Å². The van der Waals surface area contributed by atoms with Crippen LogP contribution in [0.4, 0.5) is 0 Å². The van der Waals surface area contributed by atoms with Gasteiger partial charge in [-0.2, -0.15) is 0 Å². The number of carbonyl (C=O) groups excluding carboxylic acids is 1. The molecule has 1 aromatic carbocycles. The Kier molecular flexibility index (Phi) is 3.51. The van der Waals surface area contributed by atoms with Crippen molar-refractivity contribution in [2.75, 3.05) is 13.1 Å². The highest BCUT2D eigenvalue weighted by Crippen LogP contribution is 2.20. The van der Waals surface area contributed by atoms with Crippen LogP contribution in [-0.4, -0.2) is 23.9 Å². The number of amides is 1. The molecule has 1 aliphatic rings. The van der Waals surface area contributed by atoms with E-state index in [9.17, 15) is 4.79 Å². The Bertz CT molecular complexity index is 425. The molecular formula is C15H21NO. The maximum Gasteiger partial charge on any atom is 0.254 e. The van der Waals surface area contributed by atoms with E-state index in [0.29, 0.717) is 5.92 Å². The van der Waals surface area contributed by atoms with Gasteiger partial charge in [0.15, 0.2) is 0 Å². The van der Waals surface area contributed by atoms with Gasteiger partial charge in [0.25, 0.3) is 5.91 Å². The van der Waals surface area contributed by atoms with E-state index in [1.807, 2.05) is 30.9 Å². The maximum atomic E-state index is 12.4. The van der Waals surface area contributed by atoms with Crippen LogP contribution in [0.15, 0.2) is 18.2 Å². The molecule has 1 amide bonds. The van der Waals surface area contributed by atoms with Gasteiger partial charge in [0.05, 0.1) is 0 Å². The predicted octanol–water partition coefficient (Wildman–Crippen LogP) is 3.18. The molecule has 0 unspecified atom stereocenters. The van der Waals surface area contributed by atoms with Crippen molar-refractivity contribution in [3.05, 3.63) is 34.9 Å². The topological polar surface area (TPSA) is 20.3 Å². The molecule has 92 valence electrons. The molecule has 1 saturated heterocycles. The van der Waals surface area contributed by atoms with Crippen LogP contribution < -0.4 is 0 Å². The first-order valence-corrected chi connectivity index (χ1v) is 6.44. The monoisotopic (exact) mass is 231 g/mol. The Morgan fingerprint density at radius 2 is 2.12 bits per heavy atom. The number of carbonyl (C=O) groups is 1. The molecule has 0 bridgehead atoms. The minimum absolute atomic E-state index is 0.206. The van der Waals surface area contributed by atoms with Gasteiger partial charge in [-0.05, 0) is 44.2 Å². The Labute approximate surface area is 104 Å². The predicted molar refractivity (Wildman–Crippen MR) is 70.2 cm³/mol. The maximum absolute atomic E-state index is 12.4. The van der Waals surface area contributed by atoms with Gasteiger partial charge in [0, 0.05) is 18.7 Å². The van der Waals surface area contributed by atoms with Crippen molar-refractivity contribution >= 4 is 5.91 Å². The van der Waals surface area contributed by atoms with Crippen molar-refractivity contribution in [1.29, 1.82) is 0 Å². The van der Waals surface area contributed by atoms with E-state index in [2.05, 4.69) is 13.0 Å². The van der Waals surface area contributed by atoms with Gasteiger partial charge in [-0.3, -0.25) is 4.79 Å². The van der Waals surface area contributed by atoms with Crippen molar-refractivity contribution in [3.8, 4) is 0 Å². The van der Waals surface area contributed by atoms with E-state index in [1.165, 1.54) is 6.42 Å². The Balaban J connectivity index is 2.21. The van der Waals surface area contributed by atoms with Crippen LogP contribution in [0.1, 0.15) is 41.3 Å². The molecule has 1 heterocycles. The second-order valence-electron chi connectivity index (χ2n) is 5.32. The number of piperidine rings is 1. The lowest BCUT2D eigenvalue weighted by Gasteiger charge is -2.31. The van der Waals surface area contributed by atoms with Crippen LogP contribution in [0.3, 0.4) is 0 Å². The van der Waals surface area contributed by atoms with Gasteiger partial charge < -0.3 is 4.90 Å². The molecule has 1 fully saturated rings. The van der Waals surface area contributed by atoms with Crippen molar-refractivity contribution in [2.24, 2.45) is 5.92 Å². The third-order valence-corrected chi connectivity index (χ3v) is 3.57. The van der Waals surface area contributed by atoms with E-state index in [4.69, 9.17) is 0 Å². The molecule has 1 atom stereocenters. The number of rotatable bonds is 1. The van der Waals surface area contributed by atoms with Crippen LogP contribution in [-0.2, 0) is 0 Å². The van der Waals surface area contributed by atoms with E-state index in [-0.39, 0.29) is 5.91 Å². The summed E-state index contributed by atoms with van der Waals surface area (Å²) in [4.78, 5) is 14.5. The lowest BCUT2D eigenvalue weighted by molar-refractivity contribution is 0.0682. The molecule has 2 nitrogen and oxygen atoms in total. The van der Waals surface area contributed by atoms with Gasteiger partial charge in [-0.1, -0.05) is 24.6 Å². The molecule has 2 rings (SSSR count). The summed E-state index contributed by atoms with van der Waals surface area (Å²) in [6, 6.07) is 6.11. The van der Waals surface area contributed by atoms with Crippen molar-refractivity contribution in [3.63, 3.8) is 0 Å². The second-order valence-corrected chi connectivity index (χ2v) is 5.32. The number of aryl methyl sites for hydroxylation is 2. The standard InChI is InChI=1S/C15H21NO/c1-11-6-7-13(3)14(9-11)15(17)16-8-4-5-12(2)10-16/h6-7,9,12H,4-5,8,10H2,1-3H3/t12-/m1/s1. The quantitative estimate of drug-likeness (QED) is 0.727. The highest BCUT2D eigenvalue weighted by atomic mass is 16.2. The number of likely N-dealkylation sites (tertiary alicyclic amines) is 1. The summed E-state index contributed by atoms with van der Waals surface area (Å²) in [6.45, 7) is 8.10. The zero-order chi connectivity index (χ0) is 12.4. The van der Waals surface area contributed by atoms with Crippen LogP contribution in [0.25, 0.3) is 0 Å². The summed E-state index contributed by atoms with van der Waals surface area (Å²) in [5.41, 5.74) is 3.11. The number of hydrogen-bond donors (Lipinski definition) is 0. The summed E-state index contributed by atoms with van der Waals surface area (Å²) in [5, 5.41) is 0. The lowest BCUT2D eigenvalue weighted by atomic mass is 9.98. The number of nitrogens with zero attached hydrogens (tertiary/aromatic N) is 1. The Morgan fingerprint density at radius 3 is 2.82 bits per heavy atom. The molecule has 0 aliphatic carbocycles.